The molecule has 2 heterocycles. The van der Waals surface area contributed by atoms with Crippen molar-refractivity contribution in [1.29, 1.82) is 0 Å². The van der Waals surface area contributed by atoms with Crippen molar-refractivity contribution in [2.75, 3.05) is 18.8 Å². The van der Waals surface area contributed by atoms with Crippen LogP contribution in [0.4, 0.5) is 14.6 Å². The van der Waals surface area contributed by atoms with E-state index in [9.17, 15) is 13.6 Å². The fourth-order valence-electron chi connectivity index (χ4n) is 3.49. The van der Waals surface area contributed by atoms with Crippen LogP contribution >= 0.6 is 0 Å². The molecule has 1 fully saturated rings. The quantitative estimate of drug-likeness (QED) is 0.699. The second-order valence-electron chi connectivity index (χ2n) is 7.15. The number of piperidine rings is 1. The number of nitrogens with zero attached hydrogens (tertiary/aromatic N) is 3. The smallest absolute Gasteiger partial charge is 0.256 e. The molecule has 0 spiro atoms. The Morgan fingerprint density at radius 2 is 1.67 bits per heavy atom. The van der Waals surface area contributed by atoms with E-state index in [0.717, 1.165) is 24.6 Å². The maximum Gasteiger partial charge on any atom is 0.256 e. The fraction of sp³-hybridized carbons (Fsp3) is 0.227. The molecule has 2 aromatic carbocycles. The number of hydrogen-bond donors (Lipinski definition) is 1. The third-order valence-corrected chi connectivity index (χ3v) is 5.13. The summed E-state index contributed by atoms with van der Waals surface area (Å²) in [5, 5.41) is 8.00. The number of carbonyl (C=O) groups is 1. The van der Waals surface area contributed by atoms with Crippen molar-refractivity contribution in [1.82, 2.24) is 15.1 Å². The monoisotopic (exact) mass is 410 g/mol. The van der Waals surface area contributed by atoms with E-state index in [1.54, 1.807) is 11.0 Å². The lowest BCUT2D eigenvalue weighted by atomic mass is 9.93. The fourth-order valence-corrected chi connectivity index (χ4v) is 3.49. The van der Waals surface area contributed by atoms with Gasteiger partial charge >= 0.3 is 0 Å². The van der Waals surface area contributed by atoms with Gasteiger partial charge in [-0.2, -0.15) is 5.10 Å². The molecule has 0 unspecified atom stereocenters. The minimum absolute atomic E-state index is 0.00724. The van der Waals surface area contributed by atoms with E-state index in [1.165, 1.54) is 36.4 Å². The maximum atomic E-state index is 14.6. The van der Waals surface area contributed by atoms with Crippen LogP contribution in [0.1, 0.15) is 34.8 Å². The van der Waals surface area contributed by atoms with Crippen LogP contribution in [-0.2, 0) is 0 Å². The third-order valence-electron chi connectivity index (χ3n) is 5.13. The van der Waals surface area contributed by atoms with E-state index in [-0.39, 0.29) is 29.0 Å². The highest BCUT2D eigenvalue weighted by Crippen LogP contribution is 2.29. The molecule has 1 aromatic heterocycles. The van der Waals surface area contributed by atoms with E-state index in [2.05, 4.69) is 10.2 Å². The SMILES string of the molecule is Nc1ccc(C2CCN(C(=O)c3ccc(Oc4ccc(F)cc4)cc3F)CC2)nn1. The Balaban J connectivity index is 1.40. The lowest BCUT2D eigenvalue weighted by molar-refractivity contribution is 0.0707. The van der Waals surface area contributed by atoms with Gasteiger partial charge in [-0.3, -0.25) is 4.79 Å². The largest absolute Gasteiger partial charge is 0.457 e. The number of benzene rings is 2. The van der Waals surface area contributed by atoms with Crippen LogP contribution in [0.2, 0.25) is 0 Å². The second-order valence-corrected chi connectivity index (χ2v) is 7.15. The number of carbonyl (C=O) groups excluding carboxylic acids is 1. The molecule has 8 heteroatoms. The summed E-state index contributed by atoms with van der Waals surface area (Å²) in [7, 11) is 0. The summed E-state index contributed by atoms with van der Waals surface area (Å²) in [6, 6.07) is 13.1. The first-order valence-electron chi connectivity index (χ1n) is 9.61. The van der Waals surface area contributed by atoms with Crippen LogP contribution in [0.25, 0.3) is 0 Å². The summed E-state index contributed by atoms with van der Waals surface area (Å²) in [4.78, 5) is 14.4. The molecule has 4 rings (SSSR count). The molecule has 30 heavy (non-hydrogen) atoms. The van der Waals surface area contributed by atoms with Crippen LogP contribution < -0.4 is 10.5 Å². The number of ether oxygens (including phenoxy) is 1. The number of rotatable bonds is 4. The predicted molar refractivity (Wildman–Crippen MR) is 107 cm³/mol. The van der Waals surface area contributed by atoms with Crippen LogP contribution in [0.3, 0.4) is 0 Å². The number of amides is 1. The molecule has 1 aliphatic heterocycles. The molecule has 0 saturated carbocycles. The summed E-state index contributed by atoms with van der Waals surface area (Å²) in [5.74, 6) is -0.235. The minimum atomic E-state index is -0.661. The van der Waals surface area contributed by atoms with Crippen LogP contribution in [0.5, 0.6) is 11.5 Å². The van der Waals surface area contributed by atoms with Gasteiger partial charge in [-0.05, 0) is 61.4 Å². The molecule has 0 atom stereocenters. The number of nitrogen functional groups attached to an aromatic ring is 1. The van der Waals surface area contributed by atoms with Crippen LogP contribution in [-0.4, -0.2) is 34.1 Å². The molecule has 2 N–H and O–H groups in total. The number of nitrogens with two attached hydrogens (primary N) is 1. The van der Waals surface area contributed by atoms with Crippen molar-refractivity contribution in [3.8, 4) is 11.5 Å². The molecule has 1 aliphatic rings. The number of anilines is 1. The first-order chi connectivity index (χ1) is 14.5. The summed E-state index contributed by atoms with van der Waals surface area (Å²) < 4.78 is 33.1. The van der Waals surface area contributed by atoms with Crippen LogP contribution in [0, 0.1) is 11.6 Å². The Morgan fingerprint density at radius 1 is 0.967 bits per heavy atom. The molecule has 1 amide bonds. The lowest BCUT2D eigenvalue weighted by Gasteiger charge is -2.31. The molecule has 6 nitrogen and oxygen atoms in total. The van der Waals surface area contributed by atoms with E-state index in [0.29, 0.717) is 24.7 Å². The Bertz CT molecular complexity index is 1030. The zero-order valence-electron chi connectivity index (χ0n) is 16.1. The Labute approximate surface area is 172 Å². The minimum Gasteiger partial charge on any atom is -0.457 e. The molecule has 0 bridgehead atoms. The van der Waals surface area contributed by atoms with Crippen molar-refractivity contribution in [2.24, 2.45) is 0 Å². The zero-order chi connectivity index (χ0) is 21.1. The highest BCUT2D eigenvalue weighted by atomic mass is 19.1. The van der Waals surface area contributed by atoms with E-state index < -0.39 is 5.82 Å². The average molecular weight is 410 g/mol. The highest BCUT2D eigenvalue weighted by molar-refractivity contribution is 5.94. The summed E-state index contributed by atoms with van der Waals surface area (Å²) in [6.45, 7) is 1.01. The maximum absolute atomic E-state index is 14.6. The third kappa shape index (κ3) is 4.37. The van der Waals surface area contributed by atoms with Crippen molar-refractivity contribution < 1.29 is 18.3 Å². The van der Waals surface area contributed by atoms with Crippen molar-refractivity contribution in [2.45, 2.75) is 18.8 Å². The van der Waals surface area contributed by atoms with Crippen LogP contribution in [0.15, 0.2) is 54.6 Å². The predicted octanol–water partition coefficient (Wildman–Crippen LogP) is 4.15. The summed E-state index contributed by atoms with van der Waals surface area (Å²) in [5.41, 5.74) is 6.41. The van der Waals surface area contributed by atoms with Gasteiger partial charge in [0.25, 0.3) is 5.91 Å². The molecule has 3 aromatic rings. The topological polar surface area (TPSA) is 81.3 Å². The number of aromatic nitrogens is 2. The Hall–Kier alpha value is -3.55. The van der Waals surface area contributed by atoms with Crippen molar-refractivity contribution >= 4 is 11.7 Å². The normalized spacial score (nSPS) is 14.5. The summed E-state index contributed by atoms with van der Waals surface area (Å²) >= 11 is 0. The van der Waals surface area contributed by atoms with Gasteiger partial charge in [-0.1, -0.05) is 0 Å². The first-order valence-corrected chi connectivity index (χ1v) is 9.61. The molecule has 154 valence electrons. The van der Waals surface area contributed by atoms with Crippen molar-refractivity contribution in [3.05, 3.63) is 77.5 Å². The van der Waals surface area contributed by atoms with Gasteiger partial charge in [0.15, 0.2) is 0 Å². The van der Waals surface area contributed by atoms with Gasteiger partial charge < -0.3 is 15.4 Å². The zero-order valence-corrected chi connectivity index (χ0v) is 16.1. The van der Waals surface area contributed by atoms with Gasteiger partial charge in [0.2, 0.25) is 0 Å². The second kappa shape index (κ2) is 8.44. The van der Waals surface area contributed by atoms with E-state index in [4.69, 9.17) is 10.5 Å². The molecular formula is C22H20F2N4O2. The highest BCUT2D eigenvalue weighted by Gasteiger charge is 2.27. The standard InChI is InChI=1S/C22H20F2N4O2/c23-15-1-3-16(4-2-15)30-17-5-6-18(19(24)13-17)22(29)28-11-9-14(10-12-28)20-7-8-21(25)27-26-20/h1-8,13-14H,9-12H2,(H2,25,27). The Kier molecular flexibility index (Phi) is 5.56. The first kappa shape index (κ1) is 19.8. The van der Waals surface area contributed by atoms with Gasteiger partial charge in [-0.15, -0.1) is 5.10 Å². The molecular weight excluding hydrogens is 390 g/mol. The molecule has 0 aliphatic carbocycles. The van der Waals surface area contributed by atoms with Gasteiger partial charge in [0, 0.05) is 25.1 Å². The van der Waals surface area contributed by atoms with E-state index >= 15 is 0 Å². The molecule has 0 radical (unpaired) electrons. The van der Waals surface area contributed by atoms with Gasteiger partial charge in [0.05, 0.1) is 11.3 Å². The molecule has 1 saturated heterocycles. The number of likely N-dealkylation sites (tertiary alicyclic amines) is 1. The number of hydrogen-bond acceptors (Lipinski definition) is 5. The van der Waals surface area contributed by atoms with Gasteiger partial charge in [-0.25, -0.2) is 8.78 Å². The van der Waals surface area contributed by atoms with Crippen molar-refractivity contribution in [3.63, 3.8) is 0 Å². The average Bonchev–Trinajstić information content (AvgIpc) is 2.76. The van der Waals surface area contributed by atoms with E-state index in [1.807, 2.05) is 6.07 Å². The lowest BCUT2D eigenvalue weighted by Crippen LogP contribution is -2.38. The summed E-state index contributed by atoms with van der Waals surface area (Å²) in [6.07, 6.45) is 1.44. The Morgan fingerprint density at radius 3 is 2.30 bits per heavy atom. The van der Waals surface area contributed by atoms with Gasteiger partial charge in [0.1, 0.15) is 29.0 Å². The number of halogens is 2.